The third-order valence-corrected chi connectivity index (χ3v) is 2.55. The summed E-state index contributed by atoms with van der Waals surface area (Å²) in [6.07, 6.45) is 3.72. The number of benzene rings is 1. The van der Waals surface area contributed by atoms with Crippen molar-refractivity contribution in [1.29, 1.82) is 5.26 Å². The number of nitrogens with zero attached hydrogens (tertiary/aromatic N) is 2. The van der Waals surface area contributed by atoms with Gasteiger partial charge in [0.05, 0.1) is 5.56 Å². The average Bonchev–Trinajstić information content (AvgIpc) is 2.42. The van der Waals surface area contributed by atoms with Gasteiger partial charge in [0.2, 0.25) is 5.88 Å². The van der Waals surface area contributed by atoms with E-state index in [-0.39, 0.29) is 0 Å². The fourth-order valence-corrected chi connectivity index (χ4v) is 1.64. The lowest BCUT2D eigenvalue weighted by Gasteiger charge is -2.05. The van der Waals surface area contributed by atoms with Crippen molar-refractivity contribution in [2.45, 2.75) is 19.8 Å². The lowest BCUT2D eigenvalue weighted by atomic mass is 10.1. The highest BCUT2D eigenvalue weighted by Crippen LogP contribution is 2.20. The van der Waals surface area contributed by atoms with Crippen molar-refractivity contribution in [3.05, 3.63) is 53.7 Å². The van der Waals surface area contributed by atoms with E-state index in [1.165, 1.54) is 11.8 Å². The fourth-order valence-electron chi connectivity index (χ4n) is 1.64. The van der Waals surface area contributed by atoms with Gasteiger partial charge in [-0.3, -0.25) is 0 Å². The summed E-state index contributed by atoms with van der Waals surface area (Å²) >= 11 is 0. The molecule has 0 fully saturated rings. The standard InChI is InChI=1S/C15H14N2O/c1-2-3-12-4-7-14(8-5-12)18-15-9-6-13(10-16)11-17-15/h4-9,11H,2-3H2,1H3. The van der Waals surface area contributed by atoms with E-state index in [0.29, 0.717) is 11.4 Å². The van der Waals surface area contributed by atoms with Crippen LogP contribution in [0.15, 0.2) is 42.6 Å². The zero-order valence-electron chi connectivity index (χ0n) is 10.3. The maximum Gasteiger partial charge on any atom is 0.219 e. The van der Waals surface area contributed by atoms with Crippen LogP contribution in [0.3, 0.4) is 0 Å². The largest absolute Gasteiger partial charge is 0.439 e. The van der Waals surface area contributed by atoms with E-state index in [2.05, 4.69) is 24.0 Å². The van der Waals surface area contributed by atoms with Crippen LogP contribution in [-0.2, 0) is 6.42 Å². The van der Waals surface area contributed by atoms with Gasteiger partial charge in [-0.2, -0.15) is 5.26 Å². The predicted molar refractivity (Wildman–Crippen MR) is 69.5 cm³/mol. The normalized spacial score (nSPS) is 9.78. The molecular weight excluding hydrogens is 224 g/mol. The summed E-state index contributed by atoms with van der Waals surface area (Å²) in [5, 5.41) is 8.67. The quantitative estimate of drug-likeness (QED) is 0.815. The second-order valence-corrected chi connectivity index (χ2v) is 3.99. The van der Waals surface area contributed by atoms with Gasteiger partial charge in [-0.15, -0.1) is 0 Å². The molecule has 1 aromatic carbocycles. The highest BCUT2D eigenvalue weighted by Gasteiger charge is 1.99. The van der Waals surface area contributed by atoms with E-state index in [4.69, 9.17) is 10.00 Å². The van der Waals surface area contributed by atoms with Crippen molar-refractivity contribution in [3.63, 3.8) is 0 Å². The second-order valence-electron chi connectivity index (χ2n) is 3.99. The van der Waals surface area contributed by atoms with Gasteiger partial charge in [0.15, 0.2) is 0 Å². The maximum absolute atomic E-state index is 8.67. The van der Waals surface area contributed by atoms with E-state index >= 15 is 0 Å². The van der Waals surface area contributed by atoms with Crippen molar-refractivity contribution in [3.8, 4) is 17.7 Å². The highest BCUT2D eigenvalue weighted by atomic mass is 16.5. The Kier molecular flexibility index (Phi) is 3.93. The van der Waals surface area contributed by atoms with Gasteiger partial charge < -0.3 is 4.74 Å². The van der Waals surface area contributed by atoms with E-state index in [9.17, 15) is 0 Å². The first-order valence-electron chi connectivity index (χ1n) is 5.95. The van der Waals surface area contributed by atoms with Gasteiger partial charge >= 0.3 is 0 Å². The summed E-state index contributed by atoms with van der Waals surface area (Å²) in [6.45, 7) is 2.16. The number of hydrogen-bond acceptors (Lipinski definition) is 3. The number of pyridine rings is 1. The Morgan fingerprint density at radius 3 is 2.50 bits per heavy atom. The molecule has 0 spiro atoms. The van der Waals surface area contributed by atoms with Gasteiger partial charge in [-0.1, -0.05) is 25.5 Å². The number of hydrogen-bond donors (Lipinski definition) is 0. The highest BCUT2D eigenvalue weighted by molar-refractivity contribution is 5.33. The van der Waals surface area contributed by atoms with E-state index < -0.39 is 0 Å². The summed E-state index contributed by atoms with van der Waals surface area (Å²) in [5.74, 6) is 1.25. The molecule has 0 bridgehead atoms. The molecule has 2 rings (SSSR count). The Labute approximate surface area is 107 Å². The Hall–Kier alpha value is -2.34. The Morgan fingerprint density at radius 2 is 1.94 bits per heavy atom. The van der Waals surface area contributed by atoms with Gasteiger partial charge in [0.1, 0.15) is 11.8 Å². The Balaban J connectivity index is 2.06. The number of rotatable bonds is 4. The van der Waals surface area contributed by atoms with Crippen LogP contribution < -0.4 is 4.74 Å². The zero-order valence-corrected chi connectivity index (χ0v) is 10.3. The summed E-state index contributed by atoms with van der Waals surface area (Å²) in [7, 11) is 0. The molecule has 0 saturated carbocycles. The number of ether oxygens (including phenoxy) is 1. The van der Waals surface area contributed by atoms with Crippen molar-refractivity contribution in [2.24, 2.45) is 0 Å². The van der Waals surface area contributed by atoms with Crippen molar-refractivity contribution >= 4 is 0 Å². The van der Waals surface area contributed by atoms with Gasteiger partial charge in [-0.25, -0.2) is 4.98 Å². The molecular formula is C15H14N2O. The molecule has 0 unspecified atom stereocenters. The van der Waals surface area contributed by atoms with Crippen LogP contribution in [0.1, 0.15) is 24.5 Å². The lowest BCUT2D eigenvalue weighted by molar-refractivity contribution is 0.462. The molecule has 0 N–H and O–H groups in total. The first kappa shape index (κ1) is 12.1. The van der Waals surface area contributed by atoms with Crippen LogP contribution in [-0.4, -0.2) is 4.98 Å². The molecule has 0 atom stereocenters. The van der Waals surface area contributed by atoms with Crippen LogP contribution >= 0.6 is 0 Å². The SMILES string of the molecule is CCCc1ccc(Oc2ccc(C#N)cn2)cc1. The third kappa shape index (κ3) is 3.08. The molecule has 1 aromatic heterocycles. The molecule has 90 valence electrons. The van der Waals surface area contributed by atoms with Crippen LogP contribution in [0, 0.1) is 11.3 Å². The van der Waals surface area contributed by atoms with Gasteiger partial charge in [-0.05, 0) is 30.2 Å². The number of nitriles is 1. The smallest absolute Gasteiger partial charge is 0.219 e. The molecule has 3 heteroatoms. The van der Waals surface area contributed by atoms with E-state index in [1.807, 2.05) is 18.2 Å². The fraction of sp³-hybridized carbons (Fsp3) is 0.200. The van der Waals surface area contributed by atoms with Crippen LogP contribution in [0.2, 0.25) is 0 Å². The third-order valence-electron chi connectivity index (χ3n) is 2.55. The van der Waals surface area contributed by atoms with Crippen LogP contribution in [0.25, 0.3) is 0 Å². The zero-order chi connectivity index (χ0) is 12.8. The molecule has 0 aliphatic heterocycles. The molecule has 18 heavy (non-hydrogen) atoms. The lowest BCUT2D eigenvalue weighted by Crippen LogP contribution is -1.89. The minimum atomic E-state index is 0.497. The predicted octanol–water partition coefficient (Wildman–Crippen LogP) is 3.70. The van der Waals surface area contributed by atoms with Crippen molar-refractivity contribution in [1.82, 2.24) is 4.98 Å². The molecule has 2 aromatic rings. The molecule has 0 aliphatic rings. The average molecular weight is 238 g/mol. The van der Waals surface area contributed by atoms with Gasteiger partial charge in [0.25, 0.3) is 0 Å². The number of aromatic nitrogens is 1. The van der Waals surface area contributed by atoms with E-state index in [1.54, 1.807) is 12.1 Å². The van der Waals surface area contributed by atoms with E-state index in [0.717, 1.165) is 18.6 Å². The number of aryl methyl sites for hydroxylation is 1. The summed E-state index contributed by atoms with van der Waals surface area (Å²) in [4.78, 5) is 4.06. The molecule has 0 radical (unpaired) electrons. The molecule has 1 heterocycles. The summed E-state index contributed by atoms with van der Waals surface area (Å²) < 4.78 is 5.59. The monoisotopic (exact) mass is 238 g/mol. The van der Waals surface area contributed by atoms with Crippen LogP contribution in [0.5, 0.6) is 11.6 Å². The first-order valence-corrected chi connectivity index (χ1v) is 5.95. The topological polar surface area (TPSA) is 45.9 Å². The Morgan fingerprint density at radius 1 is 1.17 bits per heavy atom. The molecule has 0 saturated heterocycles. The molecule has 0 aliphatic carbocycles. The molecule has 3 nitrogen and oxygen atoms in total. The summed E-state index contributed by atoms with van der Waals surface area (Å²) in [6, 6.07) is 13.4. The van der Waals surface area contributed by atoms with Crippen molar-refractivity contribution < 1.29 is 4.74 Å². The summed E-state index contributed by atoms with van der Waals surface area (Å²) in [5.41, 5.74) is 1.83. The Bertz CT molecular complexity index is 538. The van der Waals surface area contributed by atoms with Crippen molar-refractivity contribution in [2.75, 3.05) is 0 Å². The minimum Gasteiger partial charge on any atom is -0.439 e. The second kappa shape index (κ2) is 5.83. The van der Waals surface area contributed by atoms with Gasteiger partial charge in [0, 0.05) is 12.3 Å². The molecule has 0 amide bonds. The maximum atomic E-state index is 8.67. The minimum absolute atomic E-state index is 0.497. The first-order chi connectivity index (χ1) is 8.81. The van der Waals surface area contributed by atoms with Crippen LogP contribution in [0.4, 0.5) is 0 Å².